The van der Waals surface area contributed by atoms with Crippen molar-refractivity contribution in [2.24, 2.45) is 0 Å². The highest BCUT2D eigenvalue weighted by molar-refractivity contribution is 5.78. The van der Waals surface area contributed by atoms with Crippen LogP contribution in [0.4, 0.5) is 0 Å². The Hall–Kier alpha value is -1.35. The van der Waals surface area contributed by atoms with Crippen LogP contribution in [0.15, 0.2) is 24.3 Å². The molecule has 86 valence electrons. The number of nitrogens with one attached hydrogen (secondary N) is 1. The van der Waals surface area contributed by atoms with Crippen LogP contribution in [-0.2, 0) is 16.0 Å². The third-order valence-electron chi connectivity index (χ3n) is 2.79. The Bertz CT molecular complexity index is 376. The van der Waals surface area contributed by atoms with Crippen molar-refractivity contribution in [1.29, 1.82) is 0 Å². The van der Waals surface area contributed by atoms with E-state index in [4.69, 9.17) is 4.74 Å². The second-order valence-electron chi connectivity index (χ2n) is 4.00. The molecule has 0 amide bonds. The summed E-state index contributed by atoms with van der Waals surface area (Å²) in [6.07, 6.45) is 1.84. The van der Waals surface area contributed by atoms with Gasteiger partial charge in [-0.1, -0.05) is 31.2 Å². The first-order valence-corrected chi connectivity index (χ1v) is 5.80. The second kappa shape index (κ2) is 5.12. The molecule has 2 rings (SSSR count). The van der Waals surface area contributed by atoms with Gasteiger partial charge < -0.3 is 10.1 Å². The maximum absolute atomic E-state index is 11.8. The van der Waals surface area contributed by atoms with Gasteiger partial charge >= 0.3 is 5.97 Å². The number of rotatable bonds is 3. The molecule has 1 aliphatic heterocycles. The van der Waals surface area contributed by atoms with Gasteiger partial charge in [-0.2, -0.15) is 0 Å². The van der Waals surface area contributed by atoms with Crippen LogP contribution in [0.3, 0.4) is 0 Å². The molecule has 1 aromatic carbocycles. The van der Waals surface area contributed by atoms with E-state index in [2.05, 4.69) is 11.4 Å². The zero-order valence-electron chi connectivity index (χ0n) is 9.53. The molecule has 1 N–H and O–H groups in total. The van der Waals surface area contributed by atoms with Gasteiger partial charge in [0.05, 0.1) is 6.61 Å². The molecule has 0 saturated carbocycles. The van der Waals surface area contributed by atoms with Crippen LogP contribution in [-0.4, -0.2) is 19.1 Å². The molecule has 1 atom stereocenters. The lowest BCUT2D eigenvalue weighted by atomic mass is 9.94. The molecule has 3 heteroatoms. The average molecular weight is 219 g/mol. The molecule has 0 aliphatic carbocycles. The van der Waals surface area contributed by atoms with Crippen LogP contribution in [0, 0.1) is 0 Å². The molecule has 1 unspecified atom stereocenters. The molecule has 0 fully saturated rings. The molecule has 0 bridgehead atoms. The van der Waals surface area contributed by atoms with E-state index in [1.54, 1.807) is 0 Å². The molecule has 1 aromatic rings. The summed E-state index contributed by atoms with van der Waals surface area (Å²) in [7, 11) is 0. The lowest BCUT2D eigenvalue weighted by Gasteiger charge is -2.25. The number of carbonyl (C=O) groups excluding carboxylic acids is 1. The minimum absolute atomic E-state index is 0.158. The normalized spacial score (nSPS) is 18.9. The molecule has 3 nitrogen and oxygen atoms in total. The van der Waals surface area contributed by atoms with Gasteiger partial charge in [-0.05, 0) is 24.0 Å². The average Bonchev–Trinajstić information content (AvgIpc) is 2.35. The van der Waals surface area contributed by atoms with Crippen LogP contribution in [0.1, 0.15) is 30.5 Å². The van der Waals surface area contributed by atoms with E-state index in [1.807, 2.05) is 25.1 Å². The Kier molecular flexibility index (Phi) is 3.57. The summed E-state index contributed by atoms with van der Waals surface area (Å²) >= 11 is 0. The van der Waals surface area contributed by atoms with Gasteiger partial charge in [-0.15, -0.1) is 0 Å². The Morgan fingerprint density at radius 3 is 3.12 bits per heavy atom. The zero-order chi connectivity index (χ0) is 11.4. The first-order chi connectivity index (χ1) is 7.83. The van der Waals surface area contributed by atoms with Crippen molar-refractivity contribution >= 4 is 5.97 Å². The van der Waals surface area contributed by atoms with Crippen molar-refractivity contribution in [3.05, 3.63) is 35.4 Å². The summed E-state index contributed by atoms with van der Waals surface area (Å²) in [4.78, 5) is 11.8. The second-order valence-corrected chi connectivity index (χ2v) is 4.00. The predicted molar refractivity (Wildman–Crippen MR) is 62.1 cm³/mol. The Morgan fingerprint density at radius 2 is 2.31 bits per heavy atom. The quantitative estimate of drug-likeness (QED) is 0.788. The van der Waals surface area contributed by atoms with Gasteiger partial charge in [0.2, 0.25) is 0 Å². The fourth-order valence-electron chi connectivity index (χ4n) is 2.00. The number of fused-ring (bicyclic) bond motifs is 1. The highest BCUT2D eigenvalue weighted by Crippen LogP contribution is 2.23. The number of benzene rings is 1. The van der Waals surface area contributed by atoms with E-state index in [9.17, 15) is 4.79 Å². The predicted octanol–water partition coefficient (Wildman–Crippen LogP) is 1.83. The van der Waals surface area contributed by atoms with E-state index in [0.717, 1.165) is 24.9 Å². The van der Waals surface area contributed by atoms with Crippen LogP contribution in [0.5, 0.6) is 0 Å². The number of ether oxygens (including phenoxy) is 1. The van der Waals surface area contributed by atoms with Gasteiger partial charge in [0.1, 0.15) is 6.04 Å². The number of hydrogen-bond donors (Lipinski definition) is 1. The molecule has 16 heavy (non-hydrogen) atoms. The van der Waals surface area contributed by atoms with E-state index in [1.165, 1.54) is 5.56 Å². The number of esters is 1. The summed E-state index contributed by atoms with van der Waals surface area (Å²) in [5.74, 6) is -0.158. The van der Waals surface area contributed by atoms with E-state index >= 15 is 0 Å². The summed E-state index contributed by atoms with van der Waals surface area (Å²) < 4.78 is 5.19. The Morgan fingerprint density at radius 1 is 1.50 bits per heavy atom. The highest BCUT2D eigenvalue weighted by atomic mass is 16.5. The smallest absolute Gasteiger partial charge is 0.327 e. The fourth-order valence-corrected chi connectivity index (χ4v) is 2.00. The van der Waals surface area contributed by atoms with Gasteiger partial charge in [0, 0.05) is 6.54 Å². The largest absolute Gasteiger partial charge is 0.464 e. The van der Waals surface area contributed by atoms with E-state index < -0.39 is 0 Å². The zero-order valence-corrected chi connectivity index (χ0v) is 9.53. The first kappa shape index (κ1) is 11.1. The fraction of sp³-hybridized carbons (Fsp3) is 0.462. The third kappa shape index (κ3) is 2.25. The van der Waals surface area contributed by atoms with Crippen LogP contribution < -0.4 is 5.32 Å². The van der Waals surface area contributed by atoms with Crippen molar-refractivity contribution in [1.82, 2.24) is 5.32 Å². The van der Waals surface area contributed by atoms with E-state index in [-0.39, 0.29) is 12.0 Å². The Labute approximate surface area is 95.8 Å². The molecule has 0 saturated heterocycles. The molecular weight excluding hydrogens is 202 g/mol. The van der Waals surface area contributed by atoms with Crippen molar-refractivity contribution in [3.8, 4) is 0 Å². The van der Waals surface area contributed by atoms with Gasteiger partial charge in [0.15, 0.2) is 0 Å². The molecule has 0 radical (unpaired) electrons. The van der Waals surface area contributed by atoms with Crippen LogP contribution in [0.25, 0.3) is 0 Å². The standard InChI is InChI=1S/C13H17NO2/c1-2-9-16-13(15)12-11-6-4-3-5-10(11)7-8-14-12/h3-6,12,14H,2,7-9H2,1H3. The van der Waals surface area contributed by atoms with Crippen LogP contribution in [0.2, 0.25) is 0 Å². The first-order valence-electron chi connectivity index (χ1n) is 5.80. The van der Waals surface area contributed by atoms with Gasteiger partial charge in [-0.25, -0.2) is 4.79 Å². The molecule has 1 heterocycles. The lowest BCUT2D eigenvalue weighted by Crippen LogP contribution is -2.36. The molecule has 0 aromatic heterocycles. The van der Waals surface area contributed by atoms with E-state index in [0.29, 0.717) is 6.61 Å². The van der Waals surface area contributed by atoms with Crippen molar-refractivity contribution < 1.29 is 9.53 Å². The van der Waals surface area contributed by atoms with Crippen LogP contribution >= 0.6 is 0 Å². The highest BCUT2D eigenvalue weighted by Gasteiger charge is 2.26. The topological polar surface area (TPSA) is 38.3 Å². The summed E-state index contributed by atoms with van der Waals surface area (Å²) in [6.45, 7) is 3.33. The van der Waals surface area contributed by atoms with Gasteiger partial charge in [0.25, 0.3) is 0 Å². The summed E-state index contributed by atoms with van der Waals surface area (Å²) in [5.41, 5.74) is 2.31. The molecular formula is C13H17NO2. The molecule has 1 aliphatic rings. The minimum atomic E-state index is -0.281. The lowest BCUT2D eigenvalue weighted by molar-refractivity contribution is -0.146. The van der Waals surface area contributed by atoms with Crippen molar-refractivity contribution in [2.45, 2.75) is 25.8 Å². The number of carbonyl (C=O) groups is 1. The Balaban J connectivity index is 2.15. The van der Waals surface area contributed by atoms with Crippen molar-refractivity contribution in [2.75, 3.05) is 13.2 Å². The third-order valence-corrected chi connectivity index (χ3v) is 2.79. The summed E-state index contributed by atoms with van der Waals surface area (Å²) in [5, 5.41) is 3.21. The summed E-state index contributed by atoms with van der Waals surface area (Å²) in [6, 6.07) is 7.77. The minimum Gasteiger partial charge on any atom is -0.464 e. The maximum atomic E-state index is 11.8. The SMILES string of the molecule is CCCOC(=O)C1NCCc2ccccc21. The van der Waals surface area contributed by atoms with Gasteiger partial charge in [-0.3, -0.25) is 0 Å². The van der Waals surface area contributed by atoms with Crippen molar-refractivity contribution in [3.63, 3.8) is 0 Å². The maximum Gasteiger partial charge on any atom is 0.327 e. The molecule has 0 spiro atoms. The number of hydrogen-bond acceptors (Lipinski definition) is 3. The monoisotopic (exact) mass is 219 g/mol.